The number of likely N-dealkylation sites (tertiary alicyclic amines) is 1. The molecule has 3 aromatic carbocycles. The fourth-order valence-electron chi connectivity index (χ4n) is 9.59. The van der Waals surface area contributed by atoms with Crippen LogP contribution < -0.4 is 10.6 Å². The van der Waals surface area contributed by atoms with E-state index in [4.69, 9.17) is 5.11 Å². The molecule has 2 aliphatic heterocycles. The smallest absolute Gasteiger partial charge is 0.328 e. The number of amides is 3. The fraction of sp³-hybridized carbons (Fsp3) is 0.422. The van der Waals surface area contributed by atoms with Crippen molar-refractivity contribution in [3.8, 4) is 11.3 Å². The second-order valence-corrected chi connectivity index (χ2v) is 15.9. The number of carboxylic acid groups (broad SMARTS) is 1. The van der Waals surface area contributed by atoms with Crippen LogP contribution in [0.25, 0.3) is 28.2 Å². The first-order chi connectivity index (χ1) is 26.3. The van der Waals surface area contributed by atoms with Gasteiger partial charge >= 0.3 is 5.97 Å². The summed E-state index contributed by atoms with van der Waals surface area (Å²) in [7, 11) is 0. The number of fused-ring (bicyclic) bond motifs is 5. The van der Waals surface area contributed by atoms with Crippen LogP contribution >= 0.6 is 0 Å². The molecule has 9 nitrogen and oxygen atoms in total. The van der Waals surface area contributed by atoms with Crippen molar-refractivity contribution >= 4 is 46.4 Å². The lowest BCUT2D eigenvalue weighted by Crippen LogP contribution is -2.55. The molecule has 1 saturated heterocycles. The molecular formula is C45H50N4O5. The Hall–Kier alpha value is -5.18. The van der Waals surface area contributed by atoms with Crippen molar-refractivity contribution in [3.63, 3.8) is 0 Å². The molecule has 2 aliphatic carbocycles. The minimum absolute atomic E-state index is 0.203. The number of aromatic nitrogens is 1. The summed E-state index contributed by atoms with van der Waals surface area (Å²) < 4.78 is 2.36. The SMILES string of the molecule is O=C(O)/C=C/c1ccc(NC(=O)C2(NC(=O)c3ccc4c(C5CCCCC5)c5n(c4c3)CC(C(=O)N3CCCCC3)Cc3ccccc3-5)CCCC2)cc1. The van der Waals surface area contributed by atoms with Crippen LogP contribution in [0.1, 0.15) is 110 Å². The Morgan fingerprint density at radius 3 is 2.28 bits per heavy atom. The van der Waals surface area contributed by atoms with Gasteiger partial charge in [-0.3, -0.25) is 14.4 Å². The zero-order valence-corrected chi connectivity index (χ0v) is 30.9. The molecule has 4 aromatic rings. The van der Waals surface area contributed by atoms with Crippen LogP contribution in [0.4, 0.5) is 5.69 Å². The van der Waals surface area contributed by atoms with E-state index in [1.807, 2.05) is 12.1 Å². The van der Waals surface area contributed by atoms with Gasteiger partial charge in [0.25, 0.3) is 5.91 Å². The van der Waals surface area contributed by atoms with Gasteiger partial charge in [0.05, 0.1) is 11.6 Å². The molecule has 3 N–H and O–H groups in total. The molecule has 8 rings (SSSR count). The minimum Gasteiger partial charge on any atom is -0.478 e. The highest BCUT2D eigenvalue weighted by molar-refractivity contribution is 6.06. The Labute approximate surface area is 316 Å². The van der Waals surface area contributed by atoms with Crippen molar-refractivity contribution in [2.24, 2.45) is 5.92 Å². The third-order valence-corrected chi connectivity index (χ3v) is 12.4. The Kier molecular flexibility index (Phi) is 10.1. The van der Waals surface area contributed by atoms with Crippen LogP contribution in [0.3, 0.4) is 0 Å². The third-order valence-electron chi connectivity index (χ3n) is 12.4. The largest absolute Gasteiger partial charge is 0.478 e. The number of piperidine rings is 1. The molecule has 1 atom stereocenters. The van der Waals surface area contributed by atoms with Crippen molar-refractivity contribution < 1.29 is 24.3 Å². The molecule has 9 heteroatoms. The highest BCUT2D eigenvalue weighted by Gasteiger charge is 2.43. The van der Waals surface area contributed by atoms with Gasteiger partial charge in [0, 0.05) is 53.4 Å². The third kappa shape index (κ3) is 7.08. The van der Waals surface area contributed by atoms with E-state index in [2.05, 4.69) is 50.4 Å². The molecule has 54 heavy (non-hydrogen) atoms. The van der Waals surface area contributed by atoms with Gasteiger partial charge in [-0.05, 0) is 104 Å². The molecular weight excluding hydrogens is 677 g/mol. The summed E-state index contributed by atoms with van der Waals surface area (Å²) in [5, 5.41) is 16.3. The minimum atomic E-state index is -1.05. The number of nitrogens with one attached hydrogen (secondary N) is 2. The normalized spacial score (nSPS) is 19.9. The molecule has 0 radical (unpaired) electrons. The summed E-state index contributed by atoms with van der Waals surface area (Å²) in [6, 6.07) is 21.6. The van der Waals surface area contributed by atoms with E-state index in [1.54, 1.807) is 24.3 Å². The topological polar surface area (TPSA) is 121 Å². The number of benzene rings is 3. The van der Waals surface area contributed by atoms with Gasteiger partial charge in [0.2, 0.25) is 11.8 Å². The average molecular weight is 727 g/mol. The molecule has 1 unspecified atom stereocenters. The van der Waals surface area contributed by atoms with Gasteiger partial charge in [-0.2, -0.15) is 0 Å². The number of hydrogen-bond donors (Lipinski definition) is 3. The molecule has 3 amide bonds. The van der Waals surface area contributed by atoms with Gasteiger partial charge in [0.15, 0.2) is 0 Å². The van der Waals surface area contributed by atoms with Crippen molar-refractivity contribution in [2.45, 2.75) is 101 Å². The monoisotopic (exact) mass is 726 g/mol. The van der Waals surface area contributed by atoms with Crippen molar-refractivity contribution in [3.05, 3.63) is 95.1 Å². The predicted octanol–water partition coefficient (Wildman–Crippen LogP) is 8.32. The molecule has 0 bridgehead atoms. The zero-order chi connectivity index (χ0) is 37.2. The van der Waals surface area contributed by atoms with Crippen molar-refractivity contribution in [2.75, 3.05) is 18.4 Å². The quantitative estimate of drug-likeness (QED) is 0.158. The number of hydrogen-bond acceptors (Lipinski definition) is 4. The number of aliphatic carboxylic acids is 1. The number of nitrogens with zero attached hydrogens (tertiary/aromatic N) is 2. The second kappa shape index (κ2) is 15.3. The lowest BCUT2D eigenvalue weighted by molar-refractivity contribution is -0.137. The molecule has 4 aliphatic rings. The molecule has 1 aromatic heterocycles. The van der Waals surface area contributed by atoms with Gasteiger partial charge in [0.1, 0.15) is 5.54 Å². The zero-order valence-electron chi connectivity index (χ0n) is 30.9. The van der Waals surface area contributed by atoms with Crippen LogP contribution in [-0.2, 0) is 27.3 Å². The maximum absolute atomic E-state index is 14.3. The van der Waals surface area contributed by atoms with Crippen LogP contribution in [0.15, 0.2) is 72.8 Å². The summed E-state index contributed by atoms with van der Waals surface area (Å²) in [5.41, 5.74) is 6.68. The van der Waals surface area contributed by atoms with E-state index >= 15 is 0 Å². The van der Waals surface area contributed by atoms with Crippen LogP contribution in [0.5, 0.6) is 0 Å². The highest BCUT2D eigenvalue weighted by atomic mass is 16.4. The van der Waals surface area contributed by atoms with Gasteiger partial charge in [-0.1, -0.05) is 74.6 Å². The Balaban J connectivity index is 1.14. The number of anilines is 1. The first-order valence-electron chi connectivity index (χ1n) is 20.0. The molecule has 0 spiro atoms. The number of rotatable bonds is 8. The van der Waals surface area contributed by atoms with Gasteiger partial charge in [-0.25, -0.2) is 4.79 Å². The summed E-state index contributed by atoms with van der Waals surface area (Å²) in [5.74, 6) is -1.13. The van der Waals surface area contributed by atoms with E-state index in [0.717, 1.165) is 68.6 Å². The molecule has 3 heterocycles. The summed E-state index contributed by atoms with van der Waals surface area (Å²) >= 11 is 0. The first kappa shape index (κ1) is 35.8. The summed E-state index contributed by atoms with van der Waals surface area (Å²) in [6.45, 7) is 2.20. The lowest BCUT2D eigenvalue weighted by atomic mass is 9.81. The fourth-order valence-corrected chi connectivity index (χ4v) is 9.59. The van der Waals surface area contributed by atoms with Crippen LogP contribution in [0, 0.1) is 5.92 Å². The molecule has 280 valence electrons. The number of carbonyl (C=O) groups is 4. The summed E-state index contributed by atoms with van der Waals surface area (Å²) in [4.78, 5) is 55.4. The Bertz CT molecular complexity index is 2100. The number of carboxylic acids is 1. The lowest BCUT2D eigenvalue weighted by Gasteiger charge is -2.30. The first-order valence-corrected chi connectivity index (χ1v) is 20.0. The highest BCUT2D eigenvalue weighted by Crippen LogP contribution is 2.47. The standard InChI is InChI=1S/C45H50N4O5/c50-39(51)22-17-30-15-19-35(20-16-30)46-44(54)45(23-7-8-24-45)47-42(52)33-18-21-37-38(28-33)49-29-34(43(53)48-25-9-2-10-26-48)27-32-13-5-6-14-36(32)41(49)40(37)31-11-3-1-4-12-31/h5-6,13-22,28,31,34H,1-4,7-12,23-27,29H2,(H,46,54)(H,47,52)(H,50,51)/b22-17+. The molecule has 3 fully saturated rings. The number of carbonyl (C=O) groups excluding carboxylic acids is 3. The van der Waals surface area contributed by atoms with Crippen molar-refractivity contribution in [1.82, 2.24) is 14.8 Å². The van der Waals surface area contributed by atoms with E-state index in [0.29, 0.717) is 48.5 Å². The Morgan fingerprint density at radius 2 is 1.54 bits per heavy atom. The van der Waals surface area contributed by atoms with Gasteiger partial charge < -0.3 is 25.2 Å². The van der Waals surface area contributed by atoms with Crippen LogP contribution in [-0.4, -0.2) is 56.9 Å². The van der Waals surface area contributed by atoms with E-state index in [9.17, 15) is 19.2 Å². The molecule has 2 saturated carbocycles. The van der Waals surface area contributed by atoms with Crippen molar-refractivity contribution in [1.29, 1.82) is 0 Å². The maximum atomic E-state index is 14.3. The second-order valence-electron chi connectivity index (χ2n) is 15.9. The van der Waals surface area contributed by atoms with E-state index < -0.39 is 11.5 Å². The Morgan fingerprint density at radius 1 is 0.815 bits per heavy atom. The van der Waals surface area contributed by atoms with E-state index in [1.165, 1.54) is 54.1 Å². The van der Waals surface area contributed by atoms with Gasteiger partial charge in [-0.15, -0.1) is 0 Å². The predicted molar refractivity (Wildman–Crippen MR) is 211 cm³/mol. The summed E-state index contributed by atoms with van der Waals surface area (Å²) in [6.07, 6.45) is 15.2. The van der Waals surface area contributed by atoms with Crippen LogP contribution in [0.2, 0.25) is 0 Å². The average Bonchev–Trinajstić information content (AvgIpc) is 3.76. The maximum Gasteiger partial charge on any atom is 0.328 e. The van der Waals surface area contributed by atoms with E-state index in [-0.39, 0.29) is 23.6 Å².